The van der Waals surface area contributed by atoms with Gasteiger partial charge in [-0.25, -0.2) is 4.98 Å². The number of aromatic nitrogens is 3. The van der Waals surface area contributed by atoms with Gasteiger partial charge in [0, 0.05) is 31.1 Å². The van der Waals surface area contributed by atoms with E-state index in [9.17, 15) is 9.90 Å². The SMILES string of the molecule is CC[C@@H](CNC(C)=O)c1c(Cl)cnc2nc(O)[nH]c12. The molecule has 1 amide bonds. The molecule has 2 aromatic rings. The lowest BCUT2D eigenvalue weighted by Crippen LogP contribution is -2.26. The number of amides is 1. The second-order valence-corrected chi connectivity index (χ2v) is 4.73. The van der Waals surface area contributed by atoms with Crippen LogP contribution in [-0.2, 0) is 4.79 Å². The van der Waals surface area contributed by atoms with Crippen molar-refractivity contribution in [2.75, 3.05) is 6.54 Å². The molecule has 0 radical (unpaired) electrons. The molecule has 19 heavy (non-hydrogen) atoms. The van der Waals surface area contributed by atoms with Gasteiger partial charge in [0.15, 0.2) is 5.65 Å². The fourth-order valence-corrected chi connectivity index (χ4v) is 2.35. The fourth-order valence-electron chi connectivity index (χ4n) is 2.06. The van der Waals surface area contributed by atoms with E-state index in [1.807, 2.05) is 6.92 Å². The number of halogens is 1. The van der Waals surface area contributed by atoms with Gasteiger partial charge >= 0.3 is 0 Å². The van der Waals surface area contributed by atoms with Crippen LogP contribution in [0.3, 0.4) is 0 Å². The number of carbonyl (C=O) groups is 1. The van der Waals surface area contributed by atoms with Crippen LogP contribution in [0, 0.1) is 0 Å². The summed E-state index contributed by atoms with van der Waals surface area (Å²) in [6, 6.07) is -0.194. The first-order valence-corrected chi connectivity index (χ1v) is 6.38. The van der Waals surface area contributed by atoms with Crippen molar-refractivity contribution < 1.29 is 9.90 Å². The second kappa shape index (κ2) is 5.44. The molecule has 0 unspecified atom stereocenters. The Kier molecular flexibility index (Phi) is 3.90. The van der Waals surface area contributed by atoms with Gasteiger partial charge in [-0.1, -0.05) is 18.5 Å². The van der Waals surface area contributed by atoms with E-state index in [0.29, 0.717) is 22.7 Å². The van der Waals surface area contributed by atoms with Crippen molar-refractivity contribution in [3.8, 4) is 6.01 Å². The highest BCUT2D eigenvalue weighted by molar-refractivity contribution is 6.32. The number of hydrogen-bond acceptors (Lipinski definition) is 4. The van der Waals surface area contributed by atoms with Gasteiger partial charge in [-0.15, -0.1) is 0 Å². The van der Waals surface area contributed by atoms with E-state index in [-0.39, 0.29) is 17.8 Å². The van der Waals surface area contributed by atoms with Crippen LogP contribution in [0.1, 0.15) is 31.7 Å². The maximum Gasteiger partial charge on any atom is 0.293 e. The lowest BCUT2D eigenvalue weighted by molar-refractivity contribution is -0.119. The summed E-state index contributed by atoms with van der Waals surface area (Å²) >= 11 is 6.20. The van der Waals surface area contributed by atoms with Crippen molar-refractivity contribution in [2.45, 2.75) is 26.2 Å². The Morgan fingerprint density at radius 2 is 2.37 bits per heavy atom. The zero-order valence-electron chi connectivity index (χ0n) is 10.7. The third-order valence-electron chi connectivity index (χ3n) is 3.00. The molecule has 2 heterocycles. The van der Waals surface area contributed by atoms with Crippen molar-refractivity contribution in [1.29, 1.82) is 0 Å². The Balaban J connectivity index is 2.45. The third-order valence-corrected chi connectivity index (χ3v) is 3.30. The highest BCUT2D eigenvalue weighted by Crippen LogP contribution is 2.32. The molecule has 2 rings (SSSR count). The van der Waals surface area contributed by atoms with Crippen molar-refractivity contribution in [3.63, 3.8) is 0 Å². The van der Waals surface area contributed by atoms with Gasteiger partial charge in [-0.05, 0) is 6.42 Å². The normalized spacial score (nSPS) is 12.6. The lowest BCUT2D eigenvalue weighted by Gasteiger charge is -2.17. The lowest BCUT2D eigenvalue weighted by atomic mass is 9.96. The Morgan fingerprint density at radius 1 is 1.63 bits per heavy atom. The summed E-state index contributed by atoms with van der Waals surface area (Å²) in [5.41, 5.74) is 1.84. The predicted octanol–water partition coefficient (Wildman–Crippen LogP) is 1.95. The van der Waals surface area contributed by atoms with Gasteiger partial charge in [0.25, 0.3) is 6.01 Å². The molecule has 6 nitrogen and oxygen atoms in total. The van der Waals surface area contributed by atoms with Crippen LogP contribution in [0.15, 0.2) is 6.20 Å². The molecule has 0 bridgehead atoms. The number of pyridine rings is 1. The number of nitrogens with one attached hydrogen (secondary N) is 2. The average molecular weight is 283 g/mol. The van der Waals surface area contributed by atoms with E-state index in [1.54, 1.807) is 0 Å². The number of H-pyrrole nitrogens is 1. The molecule has 0 fully saturated rings. The minimum atomic E-state index is -0.194. The number of aromatic hydroxyl groups is 1. The fraction of sp³-hybridized carbons (Fsp3) is 0.417. The first-order chi connectivity index (χ1) is 9.02. The number of carbonyl (C=O) groups excluding carboxylic acids is 1. The van der Waals surface area contributed by atoms with Gasteiger partial charge < -0.3 is 15.4 Å². The molecule has 0 spiro atoms. The highest BCUT2D eigenvalue weighted by Gasteiger charge is 2.19. The predicted molar refractivity (Wildman–Crippen MR) is 72.3 cm³/mol. The minimum absolute atomic E-state index is 0.0294. The maximum atomic E-state index is 11.0. The minimum Gasteiger partial charge on any atom is -0.480 e. The highest BCUT2D eigenvalue weighted by atomic mass is 35.5. The zero-order chi connectivity index (χ0) is 14.0. The topological polar surface area (TPSA) is 90.9 Å². The molecule has 0 saturated heterocycles. The molecule has 3 N–H and O–H groups in total. The molecule has 1 atom stereocenters. The molecular formula is C12H15ClN4O2. The number of aromatic amines is 1. The van der Waals surface area contributed by atoms with Crippen LogP contribution >= 0.6 is 11.6 Å². The van der Waals surface area contributed by atoms with Crippen molar-refractivity contribution >= 4 is 28.7 Å². The summed E-state index contributed by atoms with van der Waals surface area (Å²) < 4.78 is 0. The number of imidazole rings is 1. The number of hydrogen-bond donors (Lipinski definition) is 3. The Labute approximate surface area is 115 Å². The van der Waals surface area contributed by atoms with E-state index in [4.69, 9.17) is 11.6 Å². The quantitative estimate of drug-likeness (QED) is 0.799. The monoisotopic (exact) mass is 282 g/mol. The van der Waals surface area contributed by atoms with Gasteiger partial charge in [-0.2, -0.15) is 4.98 Å². The average Bonchev–Trinajstić information content (AvgIpc) is 2.72. The van der Waals surface area contributed by atoms with E-state index in [1.165, 1.54) is 13.1 Å². The zero-order valence-corrected chi connectivity index (χ0v) is 11.5. The smallest absolute Gasteiger partial charge is 0.293 e. The summed E-state index contributed by atoms with van der Waals surface area (Å²) in [5.74, 6) is -0.0610. The van der Waals surface area contributed by atoms with Gasteiger partial charge in [0.2, 0.25) is 5.91 Å². The van der Waals surface area contributed by atoms with Gasteiger partial charge in [0.1, 0.15) is 0 Å². The van der Waals surface area contributed by atoms with E-state index in [0.717, 1.165) is 12.0 Å². The van der Waals surface area contributed by atoms with Gasteiger partial charge in [-0.3, -0.25) is 4.79 Å². The van der Waals surface area contributed by atoms with Crippen LogP contribution < -0.4 is 5.32 Å². The van der Waals surface area contributed by atoms with Crippen LogP contribution in [0.4, 0.5) is 0 Å². The van der Waals surface area contributed by atoms with Gasteiger partial charge in [0.05, 0.1) is 10.5 Å². The molecular weight excluding hydrogens is 268 g/mol. The van der Waals surface area contributed by atoms with E-state index in [2.05, 4.69) is 20.3 Å². The molecule has 0 saturated carbocycles. The maximum absolute atomic E-state index is 11.0. The Hall–Kier alpha value is -1.82. The number of fused-ring (bicyclic) bond motifs is 1. The summed E-state index contributed by atoms with van der Waals surface area (Å²) in [5, 5.41) is 12.7. The molecule has 0 aliphatic carbocycles. The van der Waals surface area contributed by atoms with E-state index < -0.39 is 0 Å². The second-order valence-electron chi connectivity index (χ2n) is 4.32. The largest absolute Gasteiger partial charge is 0.480 e. The summed E-state index contributed by atoms with van der Waals surface area (Å²) in [6.45, 7) is 3.95. The molecule has 0 aliphatic heterocycles. The molecule has 0 aromatic carbocycles. The van der Waals surface area contributed by atoms with Crippen LogP contribution in [-0.4, -0.2) is 32.5 Å². The molecule has 2 aromatic heterocycles. The van der Waals surface area contributed by atoms with Crippen LogP contribution in [0.5, 0.6) is 6.01 Å². The molecule has 102 valence electrons. The summed E-state index contributed by atoms with van der Waals surface area (Å²) in [4.78, 5) is 21.7. The van der Waals surface area contributed by atoms with Crippen molar-refractivity contribution in [2.24, 2.45) is 0 Å². The van der Waals surface area contributed by atoms with Crippen LogP contribution in [0.2, 0.25) is 5.02 Å². The molecule has 7 heteroatoms. The number of rotatable bonds is 4. The standard InChI is InChI=1S/C12H15ClN4O2/c1-3-7(4-14-6(2)18)9-8(13)5-15-11-10(9)16-12(19)17-11/h5,7H,3-4H2,1-2H3,(H,14,18)(H2,15,16,17,19)/t7-/m0/s1. The third kappa shape index (κ3) is 2.78. The number of nitrogens with zero attached hydrogens (tertiary/aromatic N) is 2. The first-order valence-electron chi connectivity index (χ1n) is 6.00. The van der Waals surface area contributed by atoms with Crippen molar-refractivity contribution in [1.82, 2.24) is 20.3 Å². The molecule has 0 aliphatic rings. The Bertz CT molecular complexity index is 611. The summed E-state index contributed by atoms with van der Waals surface area (Å²) in [7, 11) is 0. The van der Waals surface area contributed by atoms with Crippen LogP contribution in [0.25, 0.3) is 11.2 Å². The van der Waals surface area contributed by atoms with Crippen molar-refractivity contribution in [3.05, 3.63) is 16.8 Å². The summed E-state index contributed by atoms with van der Waals surface area (Å²) in [6.07, 6.45) is 2.30. The van der Waals surface area contributed by atoms with E-state index >= 15 is 0 Å². The Morgan fingerprint density at radius 3 is 3.00 bits per heavy atom. The first kappa shape index (κ1) is 13.6.